The van der Waals surface area contributed by atoms with E-state index >= 15 is 0 Å². The Kier molecular flexibility index (Phi) is 4.70. The van der Waals surface area contributed by atoms with Gasteiger partial charge in [0, 0.05) is 24.9 Å². The van der Waals surface area contributed by atoms with Gasteiger partial charge in [-0.25, -0.2) is 18.5 Å². The lowest BCUT2D eigenvalue weighted by atomic mass is 10.1. The molecule has 1 aromatic rings. The molecule has 120 valence electrons. The third kappa shape index (κ3) is 3.72. The minimum absolute atomic E-state index is 0.0267. The molecule has 1 saturated heterocycles. The van der Waals surface area contributed by atoms with Gasteiger partial charge in [0.25, 0.3) is 0 Å². The summed E-state index contributed by atoms with van der Waals surface area (Å²) in [5.74, 6) is -1.61. The van der Waals surface area contributed by atoms with Gasteiger partial charge < -0.3 is 0 Å². The highest BCUT2D eigenvalue weighted by Crippen LogP contribution is 2.36. The molecule has 1 atom stereocenters. The van der Waals surface area contributed by atoms with E-state index in [2.05, 4.69) is 20.9 Å². The van der Waals surface area contributed by atoms with Crippen molar-refractivity contribution in [2.24, 2.45) is 11.1 Å². The highest BCUT2D eigenvalue weighted by molar-refractivity contribution is 9.10. The summed E-state index contributed by atoms with van der Waals surface area (Å²) in [5, 5.41) is 16.0. The molecule has 22 heavy (non-hydrogen) atoms. The lowest BCUT2D eigenvalue weighted by molar-refractivity contribution is -0.384. The maximum Gasteiger partial charge on any atom is 0.313 e. The van der Waals surface area contributed by atoms with Crippen LogP contribution in [0.25, 0.3) is 0 Å². The normalized spacial score (nSPS) is 18.8. The summed E-state index contributed by atoms with van der Waals surface area (Å²) in [6, 6.07) is 1.14. The van der Waals surface area contributed by atoms with Crippen LogP contribution in [0, 0.1) is 16.0 Å². The van der Waals surface area contributed by atoms with E-state index in [-0.39, 0.29) is 34.2 Å². The van der Waals surface area contributed by atoms with Gasteiger partial charge in [-0.1, -0.05) is 11.6 Å². The number of pyridine rings is 1. The number of aromatic nitrogens is 1. The number of carbonyl (C=O) groups is 1. The predicted molar refractivity (Wildman–Crippen MR) is 82.0 cm³/mol. The molecule has 1 aliphatic heterocycles. The molecule has 0 aromatic carbocycles. The Hall–Kier alpha value is -1.30. The van der Waals surface area contributed by atoms with E-state index in [4.69, 9.17) is 16.7 Å². The molecule has 2 heterocycles. The van der Waals surface area contributed by atoms with Crippen LogP contribution in [0.1, 0.15) is 6.42 Å². The van der Waals surface area contributed by atoms with E-state index < -0.39 is 32.5 Å². The van der Waals surface area contributed by atoms with Crippen LogP contribution in [-0.2, 0) is 14.8 Å². The van der Waals surface area contributed by atoms with Gasteiger partial charge >= 0.3 is 5.69 Å². The second kappa shape index (κ2) is 6.07. The van der Waals surface area contributed by atoms with Crippen molar-refractivity contribution in [1.82, 2.24) is 4.98 Å². The average molecular weight is 414 g/mol. The molecular weight excluding hydrogens is 404 g/mol. The molecular formula is C10H10BrClN4O5S. The second-order valence-corrected chi connectivity index (χ2v) is 7.64. The van der Waals surface area contributed by atoms with Crippen molar-refractivity contribution < 1.29 is 18.1 Å². The summed E-state index contributed by atoms with van der Waals surface area (Å²) < 4.78 is 22.4. The van der Waals surface area contributed by atoms with Crippen LogP contribution < -0.4 is 10.0 Å². The zero-order valence-electron chi connectivity index (χ0n) is 10.9. The number of hydrogen-bond acceptors (Lipinski definition) is 6. The van der Waals surface area contributed by atoms with Gasteiger partial charge in [0.1, 0.15) is 5.15 Å². The SMILES string of the molecule is NS(=O)(=O)CC1CC(=O)N(c2nc(Cl)c(Br)cc2[N+](=O)[O-])C1. The Labute approximate surface area is 138 Å². The number of nitrogens with two attached hydrogens (primary N) is 1. The van der Waals surface area contributed by atoms with Gasteiger partial charge in [0.05, 0.1) is 15.1 Å². The topological polar surface area (TPSA) is 136 Å². The first-order valence-electron chi connectivity index (χ1n) is 5.89. The molecule has 1 fully saturated rings. The Bertz CT molecular complexity index is 756. The lowest BCUT2D eigenvalue weighted by Crippen LogP contribution is -2.28. The standard InChI is InChI=1S/C10H10BrClN4O5S/c11-6-2-7(16(18)19)10(14-9(6)12)15-3-5(1-8(15)17)4-22(13,20)21/h2,5H,1,3-4H2,(H2,13,20,21). The average Bonchev–Trinajstić information content (AvgIpc) is 2.70. The minimum Gasteiger partial charge on any atom is -0.291 e. The Balaban J connectivity index is 2.38. The van der Waals surface area contributed by atoms with E-state index in [9.17, 15) is 23.3 Å². The third-order valence-corrected chi connectivity index (χ3v) is 5.08. The van der Waals surface area contributed by atoms with Crippen LogP contribution in [-0.4, -0.2) is 36.5 Å². The molecule has 2 rings (SSSR count). The number of rotatable bonds is 4. The molecule has 1 amide bonds. The van der Waals surface area contributed by atoms with E-state index in [1.54, 1.807) is 0 Å². The number of primary sulfonamides is 1. The van der Waals surface area contributed by atoms with Crippen LogP contribution >= 0.6 is 27.5 Å². The molecule has 0 bridgehead atoms. The number of hydrogen-bond donors (Lipinski definition) is 1. The van der Waals surface area contributed by atoms with Crippen molar-refractivity contribution in [3.05, 3.63) is 25.8 Å². The number of halogens is 2. The largest absolute Gasteiger partial charge is 0.313 e. The molecule has 2 N–H and O–H groups in total. The summed E-state index contributed by atoms with van der Waals surface area (Å²) in [5.41, 5.74) is -0.402. The molecule has 0 radical (unpaired) electrons. The van der Waals surface area contributed by atoms with E-state index in [1.165, 1.54) is 0 Å². The van der Waals surface area contributed by atoms with Gasteiger partial charge in [0.2, 0.25) is 21.7 Å². The third-order valence-electron chi connectivity index (χ3n) is 3.02. The van der Waals surface area contributed by atoms with Crippen LogP contribution in [0.4, 0.5) is 11.5 Å². The number of sulfonamides is 1. The van der Waals surface area contributed by atoms with Crippen molar-refractivity contribution >= 4 is 55.0 Å². The number of nitro groups is 1. The van der Waals surface area contributed by atoms with E-state index in [0.29, 0.717) is 0 Å². The minimum atomic E-state index is -3.74. The first-order valence-corrected chi connectivity index (χ1v) is 8.78. The summed E-state index contributed by atoms with van der Waals surface area (Å²) in [6.07, 6.45) is -0.0804. The molecule has 0 saturated carbocycles. The van der Waals surface area contributed by atoms with Crippen LogP contribution in [0.5, 0.6) is 0 Å². The molecule has 1 aromatic heterocycles. The Morgan fingerprint density at radius 2 is 2.23 bits per heavy atom. The van der Waals surface area contributed by atoms with Crippen molar-refractivity contribution in [3.63, 3.8) is 0 Å². The molecule has 1 aliphatic rings. The highest BCUT2D eigenvalue weighted by Gasteiger charge is 2.37. The number of amides is 1. The zero-order chi connectivity index (χ0) is 16.7. The van der Waals surface area contributed by atoms with Crippen molar-refractivity contribution in [1.29, 1.82) is 0 Å². The first-order chi connectivity index (χ1) is 10.1. The smallest absolute Gasteiger partial charge is 0.291 e. The van der Waals surface area contributed by atoms with Gasteiger partial charge in [-0.05, 0) is 15.9 Å². The number of anilines is 1. The van der Waals surface area contributed by atoms with Crippen LogP contribution in [0.3, 0.4) is 0 Å². The van der Waals surface area contributed by atoms with Crippen LogP contribution in [0.2, 0.25) is 5.15 Å². The summed E-state index contributed by atoms with van der Waals surface area (Å²) in [4.78, 5) is 27.4. The fourth-order valence-corrected chi connectivity index (χ4v) is 3.53. The fourth-order valence-electron chi connectivity index (χ4n) is 2.21. The van der Waals surface area contributed by atoms with E-state index in [1.807, 2.05) is 0 Å². The van der Waals surface area contributed by atoms with Gasteiger partial charge in [-0.3, -0.25) is 19.8 Å². The summed E-state index contributed by atoms with van der Waals surface area (Å²) in [6.45, 7) is -0.0267. The maximum atomic E-state index is 12.0. The van der Waals surface area contributed by atoms with E-state index in [0.717, 1.165) is 11.0 Å². The Morgan fingerprint density at radius 1 is 1.59 bits per heavy atom. The second-order valence-electron chi connectivity index (χ2n) is 4.76. The number of carbonyl (C=O) groups excluding carboxylic acids is 1. The molecule has 1 unspecified atom stereocenters. The van der Waals surface area contributed by atoms with Crippen molar-refractivity contribution in [3.8, 4) is 0 Å². The quantitative estimate of drug-likeness (QED) is 0.445. The van der Waals surface area contributed by atoms with Crippen LogP contribution in [0.15, 0.2) is 10.5 Å². The van der Waals surface area contributed by atoms with Gasteiger partial charge in [0.15, 0.2) is 0 Å². The fraction of sp³-hybridized carbons (Fsp3) is 0.400. The van der Waals surface area contributed by atoms with Crippen molar-refractivity contribution in [2.75, 3.05) is 17.2 Å². The molecule has 0 aliphatic carbocycles. The highest BCUT2D eigenvalue weighted by atomic mass is 79.9. The Morgan fingerprint density at radius 3 is 2.77 bits per heavy atom. The first kappa shape index (κ1) is 17.1. The molecule has 9 nitrogen and oxygen atoms in total. The maximum absolute atomic E-state index is 12.0. The summed E-state index contributed by atoms with van der Waals surface area (Å²) >= 11 is 8.85. The predicted octanol–water partition coefficient (Wildman–Crippen LogP) is 1.05. The monoisotopic (exact) mass is 412 g/mol. The zero-order valence-corrected chi connectivity index (χ0v) is 14.1. The van der Waals surface area contributed by atoms with Gasteiger partial charge in [-0.15, -0.1) is 0 Å². The summed E-state index contributed by atoms with van der Waals surface area (Å²) in [7, 11) is -3.74. The molecule has 12 heteroatoms. The lowest BCUT2D eigenvalue weighted by Gasteiger charge is -2.16. The van der Waals surface area contributed by atoms with Gasteiger partial charge in [-0.2, -0.15) is 0 Å². The molecule has 0 spiro atoms. The van der Waals surface area contributed by atoms with Crippen molar-refractivity contribution in [2.45, 2.75) is 6.42 Å². The number of nitrogens with zero attached hydrogens (tertiary/aromatic N) is 3.